The Morgan fingerprint density at radius 3 is 2.33 bits per heavy atom. The third-order valence-electron chi connectivity index (χ3n) is 4.60. The van der Waals surface area contributed by atoms with Crippen LogP contribution in [0.25, 0.3) is 0 Å². The summed E-state index contributed by atoms with van der Waals surface area (Å²) in [6.45, 7) is 11.5. The van der Waals surface area contributed by atoms with E-state index < -0.39 is 0 Å². The molecule has 3 rings (SSSR count). The Morgan fingerprint density at radius 1 is 1.20 bits per heavy atom. The third-order valence-corrected chi connectivity index (χ3v) is 4.60. The summed E-state index contributed by atoms with van der Waals surface area (Å²) in [5.74, 6) is 0. The van der Waals surface area contributed by atoms with Crippen LogP contribution in [0, 0.1) is 5.41 Å². The summed E-state index contributed by atoms with van der Waals surface area (Å²) < 4.78 is 0. The number of likely N-dealkylation sites (tertiary alicyclic amines) is 2. The molecule has 3 aliphatic rings. The summed E-state index contributed by atoms with van der Waals surface area (Å²) in [5, 5.41) is 3.41. The van der Waals surface area contributed by atoms with Crippen molar-refractivity contribution in [2.45, 2.75) is 25.8 Å². The predicted octanol–water partition coefficient (Wildman–Crippen LogP) is 0.376. The molecule has 0 aromatic rings. The lowest BCUT2D eigenvalue weighted by Crippen LogP contribution is -2.73. The Labute approximate surface area is 92.8 Å². The van der Waals surface area contributed by atoms with Crippen LogP contribution in [0.4, 0.5) is 0 Å². The van der Waals surface area contributed by atoms with Gasteiger partial charge >= 0.3 is 0 Å². The molecule has 3 aliphatic heterocycles. The van der Waals surface area contributed by atoms with Gasteiger partial charge in [-0.2, -0.15) is 0 Å². The highest BCUT2D eigenvalue weighted by atomic mass is 15.3. The molecule has 0 saturated carbocycles. The van der Waals surface area contributed by atoms with Crippen LogP contribution in [0.1, 0.15) is 19.8 Å². The van der Waals surface area contributed by atoms with Crippen molar-refractivity contribution < 1.29 is 0 Å². The first-order chi connectivity index (χ1) is 7.31. The number of hydrogen-bond donors (Lipinski definition) is 1. The first-order valence-electron chi connectivity index (χ1n) is 6.48. The number of hydrogen-bond acceptors (Lipinski definition) is 3. The molecule has 0 aromatic heterocycles. The smallest absolute Gasteiger partial charge is 0.0207 e. The molecule has 3 heterocycles. The molecule has 15 heavy (non-hydrogen) atoms. The lowest BCUT2D eigenvalue weighted by atomic mass is 9.73. The van der Waals surface area contributed by atoms with Crippen LogP contribution in [0.5, 0.6) is 0 Å². The maximum Gasteiger partial charge on any atom is 0.0207 e. The van der Waals surface area contributed by atoms with E-state index in [4.69, 9.17) is 0 Å². The molecule has 3 saturated heterocycles. The molecule has 0 bridgehead atoms. The lowest BCUT2D eigenvalue weighted by Gasteiger charge is -2.59. The number of nitrogens with zero attached hydrogens (tertiary/aromatic N) is 2. The van der Waals surface area contributed by atoms with Gasteiger partial charge < -0.3 is 10.2 Å². The van der Waals surface area contributed by atoms with Gasteiger partial charge in [-0.05, 0) is 32.5 Å². The minimum atomic E-state index is 0.710. The van der Waals surface area contributed by atoms with Crippen molar-refractivity contribution >= 4 is 0 Å². The fourth-order valence-corrected chi connectivity index (χ4v) is 3.38. The standard InChI is InChI=1S/C12H23N3/c1-2-14-5-3-11(4-6-14)15-9-12(10-15)7-13-8-12/h11,13H,2-10H2,1H3. The molecular weight excluding hydrogens is 186 g/mol. The van der Waals surface area contributed by atoms with Crippen molar-refractivity contribution in [3.8, 4) is 0 Å². The molecule has 1 N–H and O–H groups in total. The zero-order valence-electron chi connectivity index (χ0n) is 9.84. The van der Waals surface area contributed by atoms with E-state index in [1.54, 1.807) is 0 Å². The van der Waals surface area contributed by atoms with Crippen LogP contribution < -0.4 is 5.32 Å². The maximum absolute atomic E-state index is 3.41. The van der Waals surface area contributed by atoms with Crippen LogP contribution in [0.2, 0.25) is 0 Å². The molecule has 3 fully saturated rings. The zero-order chi connectivity index (χ0) is 10.3. The summed E-state index contributed by atoms with van der Waals surface area (Å²) in [7, 11) is 0. The average molecular weight is 209 g/mol. The quantitative estimate of drug-likeness (QED) is 0.709. The Kier molecular flexibility index (Phi) is 2.49. The van der Waals surface area contributed by atoms with Gasteiger partial charge in [0, 0.05) is 37.6 Å². The minimum Gasteiger partial charge on any atom is -0.315 e. The number of nitrogens with one attached hydrogen (secondary N) is 1. The Hall–Kier alpha value is -0.120. The van der Waals surface area contributed by atoms with E-state index in [1.165, 1.54) is 58.7 Å². The van der Waals surface area contributed by atoms with Crippen molar-refractivity contribution in [3.63, 3.8) is 0 Å². The van der Waals surface area contributed by atoms with Crippen LogP contribution in [0.3, 0.4) is 0 Å². The van der Waals surface area contributed by atoms with Gasteiger partial charge in [0.15, 0.2) is 0 Å². The highest BCUT2D eigenvalue weighted by Crippen LogP contribution is 2.37. The van der Waals surface area contributed by atoms with Crippen molar-refractivity contribution in [3.05, 3.63) is 0 Å². The molecule has 3 nitrogen and oxygen atoms in total. The largest absolute Gasteiger partial charge is 0.315 e. The second-order valence-corrected chi connectivity index (χ2v) is 5.67. The van der Waals surface area contributed by atoms with Crippen LogP contribution >= 0.6 is 0 Å². The van der Waals surface area contributed by atoms with Crippen LogP contribution in [0.15, 0.2) is 0 Å². The second kappa shape index (κ2) is 3.72. The van der Waals surface area contributed by atoms with Crippen molar-refractivity contribution in [2.24, 2.45) is 5.41 Å². The maximum atomic E-state index is 3.41. The molecule has 0 radical (unpaired) electrons. The fourth-order valence-electron chi connectivity index (χ4n) is 3.38. The van der Waals surface area contributed by atoms with Gasteiger partial charge in [-0.25, -0.2) is 0 Å². The molecule has 0 aromatic carbocycles. The molecule has 0 aliphatic carbocycles. The molecule has 86 valence electrons. The summed E-state index contributed by atoms with van der Waals surface area (Å²) >= 11 is 0. The first-order valence-corrected chi connectivity index (χ1v) is 6.48. The summed E-state index contributed by atoms with van der Waals surface area (Å²) in [6, 6.07) is 0.902. The van der Waals surface area contributed by atoms with E-state index in [1.807, 2.05) is 0 Å². The van der Waals surface area contributed by atoms with Gasteiger partial charge in [0.05, 0.1) is 0 Å². The van der Waals surface area contributed by atoms with E-state index in [0.717, 1.165) is 6.04 Å². The molecule has 0 atom stereocenters. The highest BCUT2D eigenvalue weighted by Gasteiger charge is 2.49. The van der Waals surface area contributed by atoms with Gasteiger partial charge in [0.2, 0.25) is 0 Å². The highest BCUT2D eigenvalue weighted by molar-refractivity contribution is 5.05. The van der Waals surface area contributed by atoms with E-state index in [0.29, 0.717) is 5.41 Å². The topological polar surface area (TPSA) is 18.5 Å². The zero-order valence-corrected chi connectivity index (χ0v) is 9.84. The van der Waals surface area contributed by atoms with Crippen molar-refractivity contribution in [2.75, 3.05) is 45.8 Å². The minimum absolute atomic E-state index is 0.710. The second-order valence-electron chi connectivity index (χ2n) is 5.67. The number of rotatable bonds is 2. The van der Waals surface area contributed by atoms with Crippen molar-refractivity contribution in [1.82, 2.24) is 15.1 Å². The normalized spacial score (nSPS) is 32.6. The van der Waals surface area contributed by atoms with Crippen LogP contribution in [-0.2, 0) is 0 Å². The van der Waals surface area contributed by atoms with Crippen molar-refractivity contribution in [1.29, 1.82) is 0 Å². The van der Waals surface area contributed by atoms with E-state index >= 15 is 0 Å². The summed E-state index contributed by atoms with van der Waals surface area (Å²) in [4.78, 5) is 5.31. The fraction of sp³-hybridized carbons (Fsp3) is 1.00. The molecule has 0 amide bonds. The van der Waals surface area contributed by atoms with Gasteiger partial charge in [0.1, 0.15) is 0 Å². The summed E-state index contributed by atoms with van der Waals surface area (Å²) in [6.07, 6.45) is 2.80. The third kappa shape index (κ3) is 1.71. The van der Waals surface area contributed by atoms with Gasteiger partial charge in [-0.15, -0.1) is 0 Å². The summed E-state index contributed by atoms with van der Waals surface area (Å²) in [5.41, 5.74) is 0.710. The Morgan fingerprint density at radius 2 is 1.87 bits per heavy atom. The molecule has 3 heteroatoms. The monoisotopic (exact) mass is 209 g/mol. The molecule has 1 spiro atoms. The molecular formula is C12H23N3. The first kappa shape index (κ1) is 10.1. The SMILES string of the molecule is CCN1CCC(N2CC3(CNC3)C2)CC1. The predicted molar refractivity (Wildman–Crippen MR) is 62.0 cm³/mol. The Bertz CT molecular complexity index is 221. The van der Waals surface area contributed by atoms with E-state index in [-0.39, 0.29) is 0 Å². The van der Waals surface area contributed by atoms with Gasteiger partial charge in [0.25, 0.3) is 0 Å². The number of piperidine rings is 1. The van der Waals surface area contributed by atoms with Crippen LogP contribution in [-0.4, -0.2) is 61.7 Å². The lowest BCUT2D eigenvalue weighted by molar-refractivity contribution is -0.0765. The average Bonchev–Trinajstić information content (AvgIpc) is 2.14. The van der Waals surface area contributed by atoms with E-state index in [9.17, 15) is 0 Å². The van der Waals surface area contributed by atoms with E-state index in [2.05, 4.69) is 22.0 Å². The Balaban J connectivity index is 1.45. The van der Waals surface area contributed by atoms with Gasteiger partial charge in [-0.3, -0.25) is 4.90 Å². The van der Waals surface area contributed by atoms with Gasteiger partial charge in [-0.1, -0.05) is 6.92 Å². The molecule has 0 unspecified atom stereocenters.